The molecular formula is C16H13N2S2+. The van der Waals surface area contributed by atoms with Crippen molar-refractivity contribution in [3.05, 3.63) is 47.6 Å². The average Bonchev–Trinajstić information content (AvgIpc) is 3.00. The van der Waals surface area contributed by atoms with Gasteiger partial charge in [-0.05, 0) is 28.9 Å². The van der Waals surface area contributed by atoms with E-state index in [2.05, 4.69) is 59.2 Å². The van der Waals surface area contributed by atoms with Crippen molar-refractivity contribution in [2.45, 2.75) is 6.92 Å². The van der Waals surface area contributed by atoms with E-state index in [0.29, 0.717) is 0 Å². The zero-order chi connectivity index (χ0) is 13.7. The third kappa shape index (κ3) is 1.62. The number of thiophene rings is 2. The number of aryl methyl sites for hydroxylation is 2. The van der Waals surface area contributed by atoms with Crippen LogP contribution in [0.1, 0.15) is 5.56 Å². The molecule has 0 saturated heterocycles. The molecule has 0 bridgehead atoms. The van der Waals surface area contributed by atoms with Crippen LogP contribution in [-0.4, -0.2) is 4.98 Å². The second kappa shape index (κ2) is 4.36. The van der Waals surface area contributed by atoms with Gasteiger partial charge in [-0.15, -0.1) is 22.7 Å². The lowest BCUT2D eigenvalue weighted by atomic mass is 10.1. The van der Waals surface area contributed by atoms with Crippen LogP contribution < -0.4 is 4.57 Å². The van der Waals surface area contributed by atoms with Crippen molar-refractivity contribution in [2.24, 2.45) is 7.05 Å². The molecule has 0 radical (unpaired) electrons. The van der Waals surface area contributed by atoms with Crippen molar-refractivity contribution in [2.75, 3.05) is 0 Å². The van der Waals surface area contributed by atoms with Gasteiger partial charge in [-0.3, -0.25) is 0 Å². The number of fused-ring (bicyclic) bond motifs is 3. The molecular weight excluding hydrogens is 284 g/mol. The van der Waals surface area contributed by atoms with Crippen molar-refractivity contribution < 1.29 is 4.57 Å². The Hall–Kier alpha value is -1.78. The molecule has 0 aliphatic rings. The number of benzene rings is 1. The Morgan fingerprint density at radius 3 is 2.80 bits per heavy atom. The van der Waals surface area contributed by atoms with Gasteiger partial charge in [0.15, 0.2) is 5.69 Å². The van der Waals surface area contributed by atoms with E-state index in [9.17, 15) is 0 Å². The molecule has 3 aromatic heterocycles. The van der Waals surface area contributed by atoms with Gasteiger partial charge in [0.2, 0.25) is 5.52 Å². The third-order valence-corrected chi connectivity index (χ3v) is 5.80. The minimum Gasteiger partial charge on any atom is -0.231 e. The maximum absolute atomic E-state index is 4.64. The maximum Gasteiger partial charge on any atom is 0.287 e. The fourth-order valence-electron chi connectivity index (χ4n) is 2.60. The lowest BCUT2D eigenvalue weighted by molar-refractivity contribution is -0.662. The third-order valence-electron chi connectivity index (χ3n) is 3.60. The minimum absolute atomic E-state index is 1.14. The van der Waals surface area contributed by atoms with E-state index in [1.54, 1.807) is 11.3 Å². The molecule has 0 atom stereocenters. The Morgan fingerprint density at radius 2 is 1.95 bits per heavy atom. The summed E-state index contributed by atoms with van der Waals surface area (Å²) in [6.07, 6.45) is 1.93. The highest BCUT2D eigenvalue weighted by atomic mass is 32.1. The average molecular weight is 297 g/mol. The molecule has 0 amide bonds. The number of rotatable bonds is 1. The summed E-state index contributed by atoms with van der Waals surface area (Å²) in [6.45, 7) is 2.16. The van der Waals surface area contributed by atoms with Gasteiger partial charge in [0, 0.05) is 5.56 Å². The molecule has 0 unspecified atom stereocenters. The van der Waals surface area contributed by atoms with E-state index in [1.165, 1.54) is 30.9 Å². The zero-order valence-corrected chi connectivity index (χ0v) is 12.9. The molecule has 98 valence electrons. The van der Waals surface area contributed by atoms with Crippen LogP contribution in [0.4, 0.5) is 0 Å². The first-order valence-electron chi connectivity index (χ1n) is 6.46. The van der Waals surface area contributed by atoms with Crippen LogP contribution in [0.15, 0.2) is 42.0 Å². The fourth-order valence-corrected chi connectivity index (χ4v) is 4.96. The SMILES string of the molecule is Cc1ccccc1-c1c2sc3ccsc3c2nc[n+]1C. The van der Waals surface area contributed by atoms with Gasteiger partial charge < -0.3 is 0 Å². The fraction of sp³-hybridized carbons (Fsp3) is 0.125. The van der Waals surface area contributed by atoms with Gasteiger partial charge in [0.1, 0.15) is 4.70 Å². The van der Waals surface area contributed by atoms with Crippen LogP contribution in [0, 0.1) is 6.92 Å². The quantitative estimate of drug-likeness (QED) is 0.478. The first-order valence-corrected chi connectivity index (χ1v) is 8.15. The summed E-state index contributed by atoms with van der Waals surface area (Å²) >= 11 is 3.62. The lowest BCUT2D eigenvalue weighted by Gasteiger charge is -2.06. The van der Waals surface area contributed by atoms with Crippen molar-refractivity contribution in [3.8, 4) is 11.3 Å². The molecule has 20 heavy (non-hydrogen) atoms. The monoisotopic (exact) mass is 297 g/mol. The number of nitrogens with zero attached hydrogens (tertiary/aromatic N) is 2. The Kier molecular flexibility index (Phi) is 2.62. The Labute approximate surface area is 125 Å². The summed E-state index contributed by atoms with van der Waals surface area (Å²) in [4.78, 5) is 4.64. The van der Waals surface area contributed by atoms with Gasteiger partial charge in [-0.2, -0.15) is 0 Å². The van der Waals surface area contributed by atoms with E-state index in [0.717, 1.165) is 5.52 Å². The van der Waals surface area contributed by atoms with E-state index < -0.39 is 0 Å². The Balaban J connectivity index is 2.17. The van der Waals surface area contributed by atoms with E-state index in [4.69, 9.17) is 0 Å². The zero-order valence-electron chi connectivity index (χ0n) is 11.3. The van der Waals surface area contributed by atoms with Gasteiger partial charge >= 0.3 is 0 Å². The van der Waals surface area contributed by atoms with Gasteiger partial charge in [0.25, 0.3) is 6.33 Å². The first-order chi connectivity index (χ1) is 9.75. The van der Waals surface area contributed by atoms with Crippen LogP contribution in [0.3, 0.4) is 0 Å². The Bertz CT molecular complexity index is 934. The maximum atomic E-state index is 4.64. The Morgan fingerprint density at radius 1 is 1.10 bits per heavy atom. The smallest absolute Gasteiger partial charge is 0.231 e. The van der Waals surface area contributed by atoms with Crippen LogP contribution in [0.2, 0.25) is 0 Å². The van der Waals surface area contributed by atoms with E-state index >= 15 is 0 Å². The molecule has 4 heteroatoms. The highest BCUT2D eigenvalue weighted by Gasteiger charge is 2.21. The summed E-state index contributed by atoms with van der Waals surface area (Å²) in [5.41, 5.74) is 4.99. The second-order valence-electron chi connectivity index (χ2n) is 4.91. The minimum atomic E-state index is 1.14. The molecule has 1 aromatic carbocycles. The number of hydrogen-bond acceptors (Lipinski definition) is 3. The molecule has 4 rings (SSSR count). The van der Waals surface area contributed by atoms with Crippen LogP contribution in [0.5, 0.6) is 0 Å². The number of hydrogen-bond donors (Lipinski definition) is 0. The summed E-state index contributed by atoms with van der Waals surface area (Å²) < 4.78 is 6.05. The van der Waals surface area contributed by atoms with Gasteiger partial charge in [-0.1, -0.05) is 24.3 Å². The standard InChI is InChI=1S/C16H13N2S2/c1-10-5-3-4-6-11(10)14-16-13(17-9-18(14)2)15-12(20-16)7-8-19-15/h3-9H,1-2H3/q+1. The normalized spacial score (nSPS) is 11.5. The van der Waals surface area contributed by atoms with Crippen molar-refractivity contribution >= 4 is 42.3 Å². The largest absolute Gasteiger partial charge is 0.287 e. The summed E-state index contributed by atoms with van der Waals surface area (Å²) in [5.74, 6) is 0. The van der Waals surface area contributed by atoms with Crippen molar-refractivity contribution in [1.29, 1.82) is 0 Å². The summed E-state index contributed by atoms with van der Waals surface area (Å²) in [7, 11) is 2.07. The van der Waals surface area contributed by atoms with Gasteiger partial charge in [-0.25, -0.2) is 4.57 Å². The molecule has 0 aliphatic heterocycles. The molecule has 2 nitrogen and oxygen atoms in total. The predicted octanol–water partition coefficient (Wildman–Crippen LogP) is 4.31. The van der Waals surface area contributed by atoms with Crippen molar-refractivity contribution in [3.63, 3.8) is 0 Å². The van der Waals surface area contributed by atoms with Gasteiger partial charge in [0.05, 0.1) is 16.4 Å². The summed E-state index contributed by atoms with van der Waals surface area (Å²) in [6, 6.07) is 10.7. The molecule has 0 saturated carbocycles. The van der Waals surface area contributed by atoms with E-state index in [-0.39, 0.29) is 0 Å². The molecule has 4 aromatic rings. The molecule has 0 spiro atoms. The topological polar surface area (TPSA) is 16.8 Å². The highest BCUT2D eigenvalue weighted by Crippen LogP contribution is 2.39. The van der Waals surface area contributed by atoms with E-state index in [1.807, 2.05) is 17.7 Å². The first kappa shape index (κ1) is 12.0. The molecule has 0 fully saturated rings. The number of aromatic nitrogens is 2. The summed E-state index contributed by atoms with van der Waals surface area (Å²) in [5, 5.41) is 2.14. The van der Waals surface area contributed by atoms with Crippen LogP contribution in [0.25, 0.3) is 30.9 Å². The van der Waals surface area contributed by atoms with Crippen LogP contribution >= 0.6 is 22.7 Å². The van der Waals surface area contributed by atoms with Crippen LogP contribution in [-0.2, 0) is 7.05 Å². The molecule has 0 aliphatic carbocycles. The second-order valence-corrected chi connectivity index (χ2v) is 6.88. The lowest BCUT2D eigenvalue weighted by Crippen LogP contribution is -2.31. The molecule has 3 heterocycles. The highest BCUT2D eigenvalue weighted by molar-refractivity contribution is 7.32. The molecule has 0 N–H and O–H groups in total. The van der Waals surface area contributed by atoms with Crippen molar-refractivity contribution in [1.82, 2.24) is 4.98 Å². The predicted molar refractivity (Wildman–Crippen MR) is 86.4 cm³/mol.